The molecule has 0 spiro atoms. The Morgan fingerprint density at radius 2 is 2.00 bits per heavy atom. The summed E-state index contributed by atoms with van der Waals surface area (Å²) in [5, 5.41) is 3.53. The van der Waals surface area contributed by atoms with Crippen molar-refractivity contribution in [2.45, 2.75) is 38.1 Å². The molecule has 1 aromatic carbocycles. The zero-order valence-electron chi connectivity index (χ0n) is 11.6. The first kappa shape index (κ1) is 14.3. The molecule has 1 N–H and O–H groups in total. The van der Waals surface area contributed by atoms with E-state index >= 15 is 0 Å². The summed E-state index contributed by atoms with van der Waals surface area (Å²) < 4.78 is 26.6. The maximum Gasteiger partial charge on any atom is 0.160 e. The molecule has 1 nitrogen and oxygen atoms in total. The van der Waals surface area contributed by atoms with Gasteiger partial charge in [0, 0.05) is 11.1 Å². The lowest BCUT2D eigenvalue weighted by atomic mass is 9.83. The van der Waals surface area contributed by atoms with Crippen LogP contribution < -0.4 is 5.32 Å². The van der Waals surface area contributed by atoms with Crippen LogP contribution in [0.25, 0.3) is 0 Å². The van der Waals surface area contributed by atoms with Crippen molar-refractivity contribution in [3.63, 3.8) is 0 Å². The van der Waals surface area contributed by atoms with E-state index in [9.17, 15) is 8.78 Å². The van der Waals surface area contributed by atoms with Gasteiger partial charge in [-0.3, -0.25) is 0 Å². The van der Waals surface area contributed by atoms with Gasteiger partial charge in [-0.05, 0) is 68.2 Å². The molecule has 0 saturated heterocycles. The predicted molar refractivity (Wildman–Crippen MR) is 76.7 cm³/mol. The van der Waals surface area contributed by atoms with Crippen molar-refractivity contribution >= 4 is 11.6 Å². The van der Waals surface area contributed by atoms with Gasteiger partial charge >= 0.3 is 0 Å². The third-order valence-electron chi connectivity index (χ3n) is 5.19. The molecule has 3 rings (SSSR count). The second-order valence-corrected chi connectivity index (χ2v) is 6.71. The molecule has 4 unspecified atom stereocenters. The van der Waals surface area contributed by atoms with Crippen molar-refractivity contribution in [2.75, 3.05) is 7.05 Å². The van der Waals surface area contributed by atoms with Crippen LogP contribution in [-0.2, 0) is 0 Å². The Labute approximate surface area is 123 Å². The SMILES string of the molecule is CNC(CC1CC2CCC1C2)c1cc(F)c(F)cc1Cl. The van der Waals surface area contributed by atoms with Crippen LogP contribution in [-0.4, -0.2) is 7.05 Å². The van der Waals surface area contributed by atoms with E-state index in [-0.39, 0.29) is 6.04 Å². The van der Waals surface area contributed by atoms with Crippen LogP contribution >= 0.6 is 11.6 Å². The van der Waals surface area contributed by atoms with Gasteiger partial charge in [0.15, 0.2) is 11.6 Å². The molecule has 2 bridgehead atoms. The van der Waals surface area contributed by atoms with Gasteiger partial charge in [0.2, 0.25) is 0 Å². The average molecular weight is 300 g/mol. The van der Waals surface area contributed by atoms with Crippen LogP contribution in [0.15, 0.2) is 12.1 Å². The monoisotopic (exact) mass is 299 g/mol. The maximum absolute atomic E-state index is 13.5. The first-order valence-electron chi connectivity index (χ1n) is 7.40. The number of benzene rings is 1. The first-order chi connectivity index (χ1) is 9.58. The van der Waals surface area contributed by atoms with E-state index in [0.717, 1.165) is 24.3 Å². The zero-order valence-corrected chi connectivity index (χ0v) is 12.4. The smallest absolute Gasteiger partial charge is 0.160 e. The fourth-order valence-electron chi connectivity index (χ4n) is 4.17. The molecule has 20 heavy (non-hydrogen) atoms. The molecule has 2 aliphatic carbocycles. The Balaban J connectivity index is 1.78. The van der Waals surface area contributed by atoms with Gasteiger partial charge in [0.25, 0.3) is 0 Å². The molecule has 0 amide bonds. The summed E-state index contributed by atoms with van der Waals surface area (Å²) in [6.07, 6.45) is 6.30. The average Bonchev–Trinajstić information content (AvgIpc) is 3.03. The number of rotatable bonds is 4. The van der Waals surface area contributed by atoms with Gasteiger partial charge in [0.05, 0.1) is 0 Å². The summed E-state index contributed by atoms with van der Waals surface area (Å²) in [6, 6.07) is 2.32. The molecule has 4 heteroatoms. The molecule has 0 radical (unpaired) electrons. The topological polar surface area (TPSA) is 12.0 Å². The minimum Gasteiger partial charge on any atom is -0.313 e. The second kappa shape index (κ2) is 5.61. The quantitative estimate of drug-likeness (QED) is 0.794. The van der Waals surface area contributed by atoms with Crippen LogP contribution in [0.2, 0.25) is 5.02 Å². The van der Waals surface area contributed by atoms with Crippen LogP contribution in [0.3, 0.4) is 0 Å². The lowest BCUT2D eigenvalue weighted by Gasteiger charge is -2.27. The van der Waals surface area contributed by atoms with Gasteiger partial charge in [-0.25, -0.2) is 8.78 Å². The van der Waals surface area contributed by atoms with Crippen molar-refractivity contribution < 1.29 is 8.78 Å². The minimum absolute atomic E-state index is 0.00181. The molecule has 0 heterocycles. The first-order valence-corrected chi connectivity index (χ1v) is 7.78. The minimum atomic E-state index is -0.881. The lowest BCUT2D eigenvalue weighted by molar-refractivity contribution is 0.284. The highest BCUT2D eigenvalue weighted by molar-refractivity contribution is 6.31. The van der Waals surface area contributed by atoms with Crippen LogP contribution in [0.4, 0.5) is 8.78 Å². The molecule has 2 saturated carbocycles. The van der Waals surface area contributed by atoms with Crippen LogP contribution in [0.5, 0.6) is 0 Å². The van der Waals surface area contributed by atoms with E-state index in [1.165, 1.54) is 31.7 Å². The molecule has 0 aromatic heterocycles. The molecular formula is C16H20ClF2N. The third-order valence-corrected chi connectivity index (χ3v) is 5.51. The maximum atomic E-state index is 13.5. The molecule has 0 aliphatic heterocycles. The van der Waals surface area contributed by atoms with Gasteiger partial charge in [-0.1, -0.05) is 18.0 Å². The highest BCUT2D eigenvalue weighted by atomic mass is 35.5. The second-order valence-electron chi connectivity index (χ2n) is 6.30. The highest BCUT2D eigenvalue weighted by Gasteiger charge is 2.40. The highest BCUT2D eigenvalue weighted by Crippen LogP contribution is 2.51. The van der Waals surface area contributed by atoms with Crippen molar-refractivity contribution in [3.8, 4) is 0 Å². The number of hydrogen-bond acceptors (Lipinski definition) is 1. The number of nitrogens with one attached hydrogen (secondary N) is 1. The third kappa shape index (κ3) is 2.58. The summed E-state index contributed by atoms with van der Waals surface area (Å²) in [5.74, 6) is 0.698. The van der Waals surface area contributed by atoms with Crippen LogP contribution in [0.1, 0.15) is 43.7 Å². The summed E-state index contributed by atoms with van der Waals surface area (Å²) in [6.45, 7) is 0. The fourth-order valence-corrected chi connectivity index (χ4v) is 4.46. The summed E-state index contributed by atoms with van der Waals surface area (Å²) in [5.41, 5.74) is 0.677. The normalized spacial score (nSPS) is 29.9. The number of halogens is 3. The predicted octanol–water partition coefficient (Wildman–Crippen LogP) is 4.71. The molecule has 2 fully saturated rings. The standard InChI is InChI=1S/C16H20ClF2N/c1-20-16(6-11-5-9-2-3-10(11)4-9)12-7-14(18)15(19)8-13(12)17/h7-11,16,20H,2-6H2,1H3. The van der Waals surface area contributed by atoms with E-state index < -0.39 is 11.6 Å². The molecule has 110 valence electrons. The van der Waals surface area contributed by atoms with Crippen molar-refractivity contribution in [1.82, 2.24) is 5.32 Å². The van der Waals surface area contributed by atoms with E-state index in [1.807, 2.05) is 7.05 Å². The number of fused-ring (bicyclic) bond motifs is 2. The summed E-state index contributed by atoms with van der Waals surface area (Å²) in [7, 11) is 1.86. The van der Waals surface area contributed by atoms with Gasteiger partial charge < -0.3 is 5.32 Å². The van der Waals surface area contributed by atoms with E-state index in [4.69, 9.17) is 11.6 Å². The Bertz CT molecular complexity index is 505. The Morgan fingerprint density at radius 1 is 1.25 bits per heavy atom. The van der Waals surface area contributed by atoms with E-state index in [1.54, 1.807) is 0 Å². The van der Waals surface area contributed by atoms with Gasteiger partial charge in [-0.15, -0.1) is 0 Å². The van der Waals surface area contributed by atoms with Crippen molar-refractivity contribution in [1.29, 1.82) is 0 Å². The van der Waals surface area contributed by atoms with Gasteiger partial charge in [0.1, 0.15) is 0 Å². The van der Waals surface area contributed by atoms with Gasteiger partial charge in [-0.2, -0.15) is 0 Å². The Kier molecular flexibility index (Phi) is 4.00. The number of hydrogen-bond donors (Lipinski definition) is 1. The van der Waals surface area contributed by atoms with Crippen molar-refractivity contribution in [3.05, 3.63) is 34.4 Å². The Hall–Kier alpha value is -0.670. The van der Waals surface area contributed by atoms with Crippen LogP contribution in [0, 0.1) is 29.4 Å². The largest absolute Gasteiger partial charge is 0.313 e. The molecule has 4 atom stereocenters. The Morgan fingerprint density at radius 3 is 2.60 bits per heavy atom. The fraction of sp³-hybridized carbons (Fsp3) is 0.625. The zero-order chi connectivity index (χ0) is 14.3. The molecular weight excluding hydrogens is 280 g/mol. The summed E-state index contributed by atoms with van der Waals surface area (Å²) in [4.78, 5) is 0. The van der Waals surface area contributed by atoms with Crippen molar-refractivity contribution in [2.24, 2.45) is 17.8 Å². The summed E-state index contributed by atoms with van der Waals surface area (Å²) >= 11 is 6.09. The van der Waals surface area contributed by atoms with E-state index in [2.05, 4.69) is 5.32 Å². The molecule has 2 aliphatic rings. The lowest BCUT2D eigenvalue weighted by Crippen LogP contribution is -2.23. The van der Waals surface area contributed by atoms with E-state index in [0.29, 0.717) is 16.5 Å². The molecule has 1 aromatic rings.